The number of hydrogen-bond donors (Lipinski definition) is 1. The van der Waals surface area contributed by atoms with E-state index in [0.29, 0.717) is 31.1 Å². The Morgan fingerprint density at radius 3 is 2.27 bits per heavy atom. The van der Waals surface area contributed by atoms with E-state index >= 15 is 0 Å². The Kier molecular flexibility index (Phi) is 5.99. The van der Waals surface area contributed by atoms with Crippen molar-refractivity contribution in [1.82, 2.24) is 4.31 Å². The zero-order chi connectivity index (χ0) is 18.7. The van der Waals surface area contributed by atoms with Crippen LogP contribution in [0.3, 0.4) is 0 Å². The molecule has 2 fully saturated rings. The molecule has 0 aromatic heterocycles. The third-order valence-corrected chi connectivity index (χ3v) is 6.96. The van der Waals surface area contributed by atoms with Gasteiger partial charge < -0.3 is 10.1 Å². The van der Waals surface area contributed by atoms with Crippen LogP contribution in [-0.4, -0.2) is 43.9 Å². The van der Waals surface area contributed by atoms with E-state index in [4.69, 9.17) is 4.74 Å². The Morgan fingerprint density at radius 2 is 1.69 bits per heavy atom. The number of carbonyl (C=O) groups is 1. The molecule has 1 N–H and O–H groups in total. The van der Waals surface area contributed by atoms with Gasteiger partial charge in [-0.1, -0.05) is 12.8 Å². The summed E-state index contributed by atoms with van der Waals surface area (Å²) in [5.74, 6) is 0.489. The molecule has 1 aliphatic heterocycles. The fourth-order valence-electron chi connectivity index (χ4n) is 3.87. The number of carbonyl (C=O) groups excluding carboxylic acids is 1. The molecular weight excluding hydrogens is 352 g/mol. The number of hydrogen-bond acceptors (Lipinski definition) is 4. The van der Waals surface area contributed by atoms with Crippen LogP contribution < -0.4 is 5.32 Å². The van der Waals surface area contributed by atoms with Crippen LogP contribution in [0.1, 0.15) is 46.0 Å². The average molecular weight is 381 g/mol. The van der Waals surface area contributed by atoms with E-state index in [2.05, 4.69) is 5.32 Å². The third-order valence-electron chi connectivity index (χ3n) is 5.11. The summed E-state index contributed by atoms with van der Waals surface area (Å²) < 4.78 is 32.7. The lowest BCUT2D eigenvalue weighted by Crippen LogP contribution is -2.48. The predicted molar refractivity (Wildman–Crippen MR) is 100 cm³/mol. The first kappa shape index (κ1) is 19.3. The lowest BCUT2D eigenvalue weighted by molar-refractivity contribution is -0.117. The summed E-state index contributed by atoms with van der Waals surface area (Å²) in [5.41, 5.74) is 0.635. The van der Waals surface area contributed by atoms with Gasteiger partial charge in [0, 0.05) is 25.2 Å². The van der Waals surface area contributed by atoms with Gasteiger partial charge in [0.1, 0.15) is 0 Å². The molecule has 1 aromatic rings. The van der Waals surface area contributed by atoms with Crippen LogP contribution in [0.15, 0.2) is 29.2 Å². The second kappa shape index (κ2) is 8.06. The standard InChI is InChI=1S/C19H28N2O4S/c1-14-12-21(13-15(2)25-14)26(23,24)18-9-7-17(8-10-18)20-19(22)11-16-5-3-4-6-16/h7-10,14-16H,3-6,11-13H2,1-2H3,(H,20,22). The van der Waals surface area contributed by atoms with Gasteiger partial charge in [-0.2, -0.15) is 4.31 Å². The van der Waals surface area contributed by atoms with Gasteiger partial charge in [0.25, 0.3) is 0 Å². The second-order valence-electron chi connectivity index (χ2n) is 7.51. The van der Waals surface area contributed by atoms with E-state index in [1.807, 2.05) is 13.8 Å². The predicted octanol–water partition coefficient (Wildman–Crippen LogP) is 3.00. The lowest BCUT2D eigenvalue weighted by Gasteiger charge is -2.34. The van der Waals surface area contributed by atoms with Gasteiger partial charge in [0.15, 0.2) is 0 Å². The number of morpholine rings is 1. The summed E-state index contributed by atoms with van der Waals surface area (Å²) in [7, 11) is -3.55. The summed E-state index contributed by atoms with van der Waals surface area (Å²) in [4.78, 5) is 12.4. The van der Waals surface area contributed by atoms with Crippen molar-refractivity contribution in [2.75, 3.05) is 18.4 Å². The maximum Gasteiger partial charge on any atom is 0.243 e. The van der Waals surface area contributed by atoms with Crippen molar-refractivity contribution in [2.24, 2.45) is 5.92 Å². The van der Waals surface area contributed by atoms with E-state index < -0.39 is 10.0 Å². The minimum absolute atomic E-state index is 0.00309. The number of nitrogens with one attached hydrogen (secondary N) is 1. The number of rotatable bonds is 5. The summed E-state index contributed by atoms with van der Waals surface area (Å²) in [5, 5.41) is 2.87. The largest absolute Gasteiger partial charge is 0.373 e. The zero-order valence-corrected chi connectivity index (χ0v) is 16.3. The molecule has 0 spiro atoms. The SMILES string of the molecule is CC1CN(S(=O)(=O)c2ccc(NC(=O)CC3CCCC3)cc2)CC(C)O1. The molecule has 0 radical (unpaired) electrons. The molecule has 1 saturated carbocycles. The number of benzene rings is 1. The van der Waals surface area contributed by atoms with Gasteiger partial charge in [0.2, 0.25) is 15.9 Å². The number of anilines is 1. The van der Waals surface area contributed by atoms with Crippen LogP contribution in [0.4, 0.5) is 5.69 Å². The van der Waals surface area contributed by atoms with Crippen LogP contribution in [0.25, 0.3) is 0 Å². The Labute approximate surface area is 156 Å². The smallest absolute Gasteiger partial charge is 0.243 e. The first-order chi connectivity index (χ1) is 12.3. The molecule has 3 rings (SSSR count). The summed E-state index contributed by atoms with van der Waals surface area (Å²) in [6.07, 6.45) is 4.98. The zero-order valence-electron chi connectivity index (χ0n) is 15.5. The fraction of sp³-hybridized carbons (Fsp3) is 0.632. The molecule has 1 amide bonds. The summed E-state index contributed by atoms with van der Waals surface area (Å²) >= 11 is 0. The van der Waals surface area contributed by atoms with E-state index in [9.17, 15) is 13.2 Å². The highest BCUT2D eigenvalue weighted by Crippen LogP contribution is 2.28. The minimum Gasteiger partial charge on any atom is -0.373 e. The third kappa shape index (κ3) is 4.64. The molecule has 1 heterocycles. The maximum atomic E-state index is 12.8. The first-order valence-electron chi connectivity index (χ1n) is 9.40. The minimum atomic E-state index is -3.55. The van der Waals surface area contributed by atoms with Crippen LogP contribution >= 0.6 is 0 Å². The van der Waals surface area contributed by atoms with Crippen LogP contribution in [0.2, 0.25) is 0 Å². The molecule has 2 unspecified atom stereocenters. The van der Waals surface area contributed by atoms with E-state index in [1.54, 1.807) is 24.3 Å². The van der Waals surface area contributed by atoms with Crippen molar-refractivity contribution < 1.29 is 17.9 Å². The summed E-state index contributed by atoms with van der Waals surface area (Å²) in [6.45, 7) is 4.46. The molecule has 2 aliphatic rings. The quantitative estimate of drug-likeness (QED) is 0.852. The topological polar surface area (TPSA) is 75.7 Å². The van der Waals surface area contributed by atoms with Gasteiger partial charge in [0.05, 0.1) is 17.1 Å². The monoisotopic (exact) mass is 380 g/mol. The fourth-order valence-corrected chi connectivity index (χ4v) is 5.47. The lowest BCUT2D eigenvalue weighted by atomic mass is 10.0. The Morgan fingerprint density at radius 1 is 1.12 bits per heavy atom. The number of sulfonamides is 1. The highest BCUT2D eigenvalue weighted by molar-refractivity contribution is 7.89. The molecule has 7 heteroatoms. The molecule has 1 aliphatic carbocycles. The normalized spacial score (nSPS) is 25.3. The van der Waals surface area contributed by atoms with Crippen LogP contribution in [0.5, 0.6) is 0 Å². The molecule has 2 atom stereocenters. The van der Waals surface area contributed by atoms with Crippen LogP contribution in [-0.2, 0) is 19.6 Å². The Balaban J connectivity index is 1.63. The van der Waals surface area contributed by atoms with Crippen molar-refractivity contribution >= 4 is 21.6 Å². The van der Waals surface area contributed by atoms with Crippen molar-refractivity contribution in [3.63, 3.8) is 0 Å². The van der Waals surface area contributed by atoms with E-state index in [1.165, 1.54) is 17.1 Å². The van der Waals surface area contributed by atoms with Gasteiger partial charge in [-0.15, -0.1) is 0 Å². The first-order valence-corrected chi connectivity index (χ1v) is 10.8. The van der Waals surface area contributed by atoms with Crippen molar-refractivity contribution in [3.05, 3.63) is 24.3 Å². The van der Waals surface area contributed by atoms with Gasteiger partial charge in [-0.3, -0.25) is 4.79 Å². The average Bonchev–Trinajstić information content (AvgIpc) is 3.07. The Hall–Kier alpha value is -1.44. The van der Waals surface area contributed by atoms with E-state index in [0.717, 1.165) is 12.8 Å². The van der Waals surface area contributed by atoms with Crippen LogP contribution in [0, 0.1) is 5.92 Å². The molecule has 144 valence electrons. The number of nitrogens with zero attached hydrogens (tertiary/aromatic N) is 1. The molecule has 26 heavy (non-hydrogen) atoms. The maximum absolute atomic E-state index is 12.8. The Bertz CT molecular complexity index is 716. The number of amides is 1. The highest BCUT2D eigenvalue weighted by atomic mass is 32.2. The van der Waals surface area contributed by atoms with Crippen molar-refractivity contribution in [2.45, 2.75) is 63.1 Å². The van der Waals surface area contributed by atoms with Crippen molar-refractivity contribution in [3.8, 4) is 0 Å². The van der Waals surface area contributed by atoms with E-state index in [-0.39, 0.29) is 23.0 Å². The van der Waals surface area contributed by atoms with Crippen molar-refractivity contribution in [1.29, 1.82) is 0 Å². The summed E-state index contributed by atoms with van der Waals surface area (Å²) in [6, 6.07) is 6.44. The molecule has 6 nitrogen and oxygen atoms in total. The highest BCUT2D eigenvalue weighted by Gasteiger charge is 2.32. The molecule has 0 bridgehead atoms. The van der Waals surface area contributed by atoms with Gasteiger partial charge >= 0.3 is 0 Å². The molecular formula is C19H28N2O4S. The second-order valence-corrected chi connectivity index (χ2v) is 9.44. The van der Waals surface area contributed by atoms with Gasteiger partial charge in [-0.05, 0) is 56.9 Å². The van der Waals surface area contributed by atoms with Gasteiger partial charge in [-0.25, -0.2) is 8.42 Å². The molecule has 1 aromatic carbocycles. The number of ether oxygens (including phenoxy) is 1. The molecule has 1 saturated heterocycles.